The molecule has 1 amide bonds. The maximum atomic E-state index is 12.8. The number of halogens is 1. The second-order valence-electron chi connectivity index (χ2n) is 6.87. The summed E-state index contributed by atoms with van der Waals surface area (Å²) in [5.41, 5.74) is 3.95. The van der Waals surface area contributed by atoms with Crippen LogP contribution in [0.2, 0.25) is 5.02 Å². The molecule has 0 saturated heterocycles. The molecule has 0 bridgehead atoms. The molecule has 0 radical (unpaired) electrons. The van der Waals surface area contributed by atoms with Gasteiger partial charge in [-0.1, -0.05) is 55.8 Å². The van der Waals surface area contributed by atoms with Crippen LogP contribution >= 0.6 is 11.6 Å². The van der Waals surface area contributed by atoms with E-state index in [4.69, 9.17) is 11.6 Å². The Morgan fingerprint density at radius 1 is 1.10 bits per heavy atom. The van der Waals surface area contributed by atoms with E-state index in [1.54, 1.807) is 18.2 Å². The number of nitrogens with one attached hydrogen (secondary N) is 1. The standard InChI is InChI=1S/C23H24ClN3O2/c1-4-16-9-6-8-15(3)22(16)26-20(28)14-27-21(29)13-19(5-2)25-23(27)17-10-7-11-18(24)12-17/h6-13H,4-5,14H2,1-3H3,(H,26,28). The van der Waals surface area contributed by atoms with Gasteiger partial charge in [-0.3, -0.25) is 14.2 Å². The van der Waals surface area contributed by atoms with Gasteiger partial charge in [0.2, 0.25) is 5.91 Å². The predicted molar refractivity (Wildman–Crippen MR) is 118 cm³/mol. The molecule has 150 valence electrons. The highest BCUT2D eigenvalue weighted by atomic mass is 35.5. The minimum atomic E-state index is -0.273. The van der Waals surface area contributed by atoms with Crippen LogP contribution in [0, 0.1) is 6.92 Å². The van der Waals surface area contributed by atoms with E-state index in [-0.39, 0.29) is 18.0 Å². The fourth-order valence-corrected chi connectivity index (χ4v) is 3.45. The van der Waals surface area contributed by atoms with Gasteiger partial charge in [-0.15, -0.1) is 0 Å². The lowest BCUT2D eigenvalue weighted by Gasteiger charge is -2.16. The molecule has 29 heavy (non-hydrogen) atoms. The molecule has 2 aromatic carbocycles. The van der Waals surface area contributed by atoms with Gasteiger partial charge in [-0.25, -0.2) is 4.98 Å². The third kappa shape index (κ3) is 4.74. The van der Waals surface area contributed by atoms with Crippen LogP contribution in [0.3, 0.4) is 0 Å². The second-order valence-corrected chi connectivity index (χ2v) is 7.31. The molecule has 0 atom stereocenters. The second kappa shape index (κ2) is 9.05. The number of aryl methyl sites for hydroxylation is 3. The Balaban J connectivity index is 1.99. The predicted octanol–water partition coefficient (Wildman–Crippen LogP) is 4.64. The van der Waals surface area contributed by atoms with E-state index in [0.29, 0.717) is 28.5 Å². The molecule has 1 heterocycles. The number of hydrogen-bond acceptors (Lipinski definition) is 3. The SMILES string of the molecule is CCc1cc(=O)n(CC(=O)Nc2c(C)cccc2CC)c(-c2cccc(Cl)c2)n1. The summed E-state index contributed by atoms with van der Waals surface area (Å²) >= 11 is 6.13. The van der Waals surface area contributed by atoms with Gasteiger partial charge in [0.15, 0.2) is 0 Å². The van der Waals surface area contributed by atoms with Crippen molar-refractivity contribution in [3.63, 3.8) is 0 Å². The Morgan fingerprint density at radius 2 is 1.86 bits per heavy atom. The first-order valence-electron chi connectivity index (χ1n) is 9.68. The van der Waals surface area contributed by atoms with Gasteiger partial charge >= 0.3 is 0 Å². The lowest BCUT2D eigenvalue weighted by Crippen LogP contribution is -2.30. The minimum Gasteiger partial charge on any atom is -0.324 e. The number of carbonyl (C=O) groups is 1. The van der Waals surface area contributed by atoms with Crippen molar-refractivity contribution in [1.29, 1.82) is 0 Å². The number of anilines is 1. The van der Waals surface area contributed by atoms with Crippen LogP contribution in [-0.2, 0) is 24.2 Å². The van der Waals surface area contributed by atoms with Crippen molar-refractivity contribution in [3.05, 3.63) is 80.7 Å². The highest BCUT2D eigenvalue weighted by molar-refractivity contribution is 6.30. The van der Waals surface area contributed by atoms with Crippen LogP contribution in [0.5, 0.6) is 0 Å². The number of carbonyl (C=O) groups excluding carboxylic acids is 1. The van der Waals surface area contributed by atoms with Crippen molar-refractivity contribution in [2.75, 3.05) is 5.32 Å². The summed E-state index contributed by atoms with van der Waals surface area (Å²) in [6.45, 7) is 5.80. The molecule has 0 aliphatic heterocycles. The highest BCUT2D eigenvalue weighted by Gasteiger charge is 2.15. The van der Waals surface area contributed by atoms with E-state index >= 15 is 0 Å². The van der Waals surface area contributed by atoms with Crippen LogP contribution in [0.15, 0.2) is 53.3 Å². The Kier molecular flexibility index (Phi) is 6.49. The molecule has 6 heteroatoms. The first kappa shape index (κ1) is 20.8. The van der Waals surface area contributed by atoms with Crippen molar-refractivity contribution in [2.24, 2.45) is 0 Å². The van der Waals surface area contributed by atoms with Crippen molar-refractivity contribution in [2.45, 2.75) is 40.2 Å². The average molecular weight is 410 g/mol. The molecule has 5 nitrogen and oxygen atoms in total. The van der Waals surface area contributed by atoms with E-state index in [1.165, 1.54) is 10.6 Å². The van der Waals surface area contributed by atoms with Crippen LogP contribution in [0.4, 0.5) is 5.69 Å². The molecule has 0 fully saturated rings. The lowest BCUT2D eigenvalue weighted by atomic mass is 10.1. The monoisotopic (exact) mass is 409 g/mol. The number of benzene rings is 2. The smallest absolute Gasteiger partial charge is 0.254 e. The first-order chi connectivity index (χ1) is 13.9. The number of amides is 1. The summed E-state index contributed by atoms with van der Waals surface area (Å²) in [6.07, 6.45) is 1.43. The summed E-state index contributed by atoms with van der Waals surface area (Å²) in [7, 11) is 0. The summed E-state index contributed by atoms with van der Waals surface area (Å²) in [5, 5.41) is 3.52. The maximum Gasteiger partial charge on any atom is 0.254 e. The number of rotatable bonds is 6. The van der Waals surface area contributed by atoms with E-state index in [2.05, 4.69) is 10.3 Å². The zero-order chi connectivity index (χ0) is 21.0. The normalized spacial score (nSPS) is 10.8. The van der Waals surface area contributed by atoms with Gasteiger partial charge in [0, 0.05) is 28.0 Å². The molecular formula is C23H24ClN3O2. The van der Waals surface area contributed by atoms with Crippen LogP contribution in [0.1, 0.15) is 30.7 Å². The third-order valence-corrected chi connectivity index (χ3v) is 5.05. The van der Waals surface area contributed by atoms with Gasteiger partial charge in [-0.05, 0) is 43.0 Å². The molecule has 0 aliphatic carbocycles. The molecular weight excluding hydrogens is 386 g/mol. The molecule has 0 spiro atoms. The van der Waals surface area contributed by atoms with Crippen LogP contribution in [-0.4, -0.2) is 15.5 Å². The minimum absolute atomic E-state index is 0.130. The molecule has 1 aromatic heterocycles. The molecule has 1 N–H and O–H groups in total. The number of aromatic nitrogens is 2. The topological polar surface area (TPSA) is 64.0 Å². The van der Waals surface area contributed by atoms with Gasteiger partial charge in [0.25, 0.3) is 5.56 Å². The fraction of sp³-hybridized carbons (Fsp3) is 0.261. The number of nitrogens with zero attached hydrogens (tertiary/aromatic N) is 2. The zero-order valence-corrected chi connectivity index (χ0v) is 17.6. The van der Waals surface area contributed by atoms with Crippen LogP contribution < -0.4 is 10.9 Å². The Bertz CT molecular complexity index is 1110. The first-order valence-corrected chi connectivity index (χ1v) is 10.1. The fourth-order valence-electron chi connectivity index (χ4n) is 3.26. The van der Waals surface area contributed by atoms with E-state index in [0.717, 1.165) is 23.2 Å². The average Bonchev–Trinajstić information content (AvgIpc) is 2.70. The van der Waals surface area contributed by atoms with Crippen molar-refractivity contribution in [3.8, 4) is 11.4 Å². The van der Waals surface area contributed by atoms with Crippen molar-refractivity contribution >= 4 is 23.2 Å². The molecule has 3 rings (SSSR count). The van der Waals surface area contributed by atoms with Gasteiger partial charge < -0.3 is 5.32 Å². The third-order valence-electron chi connectivity index (χ3n) is 4.81. The largest absolute Gasteiger partial charge is 0.324 e. The van der Waals surface area contributed by atoms with Crippen molar-refractivity contribution < 1.29 is 4.79 Å². The highest BCUT2D eigenvalue weighted by Crippen LogP contribution is 2.23. The maximum absolute atomic E-state index is 12.8. The summed E-state index contributed by atoms with van der Waals surface area (Å²) in [6, 6.07) is 14.5. The molecule has 3 aromatic rings. The van der Waals surface area contributed by atoms with Crippen LogP contribution in [0.25, 0.3) is 11.4 Å². The van der Waals surface area contributed by atoms with Gasteiger partial charge in [0.05, 0.1) is 0 Å². The Labute approximate surface area is 175 Å². The summed E-state index contributed by atoms with van der Waals surface area (Å²) in [4.78, 5) is 30.2. The zero-order valence-electron chi connectivity index (χ0n) is 16.8. The van der Waals surface area contributed by atoms with E-state index in [1.807, 2.05) is 45.0 Å². The summed E-state index contributed by atoms with van der Waals surface area (Å²) < 4.78 is 1.39. The quantitative estimate of drug-likeness (QED) is 0.645. The molecule has 0 saturated carbocycles. The lowest BCUT2D eigenvalue weighted by molar-refractivity contribution is -0.116. The van der Waals surface area contributed by atoms with E-state index < -0.39 is 0 Å². The van der Waals surface area contributed by atoms with Crippen molar-refractivity contribution in [1.82, 2.24) is 9.55 Å². The molecule has 0 aliphatic rings. The number of para-hydroxylation sites is 1. The Morgan fingerprint density at radius 3 is 2.55 bits per heavy atom. The van der Waals surface area contributed by atoms with Gasteiger partial charge in [0.1, 0.15) is 12.4 Å². The summed E-state index contributed by atoms with van der Waals surface area (Å²) in [5.74, 6) is 0.165. The number of hydrogen-bond donors (Lipinski definition) is 1. The molecule has 0 unspecified atom stereocenters. The van der Waals surface area contributed by atoms with Gasteiger partial charge in [-0.2, -0.15) is 0 Å². The Hall–Kier alpha value is -2.92. The van der Waals surface area contributed by atoms with E-state index in [9.17, 15) is 9.59 Å².